The zero-order valence-corrected chi connectivity index (χ0v) is 16.9. The van der Waals surface area contributed by atoms with Crippen LogP contribution in [-0.4, -0.2) is 83.3 Å². The molecule has 0 aromatic rings. The molecule has 1 aliphatic heterocycles. The van der Waals surface area contributed by atoms with Crippen LogP contribution in [0.4, 0.5) is 0 Å². The van der Waals surface area contributed by atoms with E-state index in [1.807, 2.05) is 23.5 Å². The lowest BCUT2D eigenvalue weighted by atomic mass is 10.3. The summed E-state index contributed by atoms with van der Waals surface area (Å²) >= 11 is 14.7. The average molecular weight is 381 g/mol. The predicted octanol–water partition coefficient (Wildman–Crippen LogP) is 1.86. The molecule has 1 aliphatic rings. The minimum absolute atomic E-state index is 0.889. The number of piperazine rings is 1. The fourth-order valence-electron chi connectivity index (χ4n) is 2.16. The number of thioether (sulfide) groups is 2. The minimum atomic E-state index is 0.889. The van der Waals surface area contributed by atoms with Crippen LogP contribution in [0.15, 0.2) is 0 Å². The van der Waals surface area contributed by atoms with Crippen molar-refractivity contribution in [1.82, 2.24) is 20.4 Å². The highest BCUT2D eigenvalue weighted by atomic mass is 32.2. The average Bonchev–Trinajstić information content (AvgIpc) is 2.55. The van der Waals surface area contributed by atoms with Gasteiger partial charge in [0.1, 0.15) is 0 Å². The lowest BCUT2D eigenvalue weighted by Crippen LogP contribution is -2.55. The van der Waals surface area contributed by atoms with Gasteiger partial charge in [-0.15, -0.1) is 0 Å². The Bertz CT molecular complexity index is 301. The Morgan fingerprint density at radius 2 is 1.18 bits per heavy atom. The van der Waals surface area contributed by atoms with Crippen LogP contribution in [0.25, 0.3) is 0 Å². The van der Waals surface area contributed by atoms with Crippen LogP contribution in [0.3, 0.4) is 0 Å². The van der Waals surface area contributed by atoms with E-state index in [0.717, 1.165) is 62.3 Å². The first-order valence-corrected chi connectivity index (χ1v) is 11.3. The SMILES string of the molecule is CSCCCNC(=S)N1CCN(C(=S)NCCCSC)CC1. The molecule has 128 valence electrons. The normalized spacial score (nSPS) is 14.8. The van der Waals surface area contributed by atoms with Crippen molar-refractivity contribution in [3.63, 3.8) is 0 Å². The summed E-state index contributed by atoms with van der Waals surface area (Å²) in [5.41, 5.74) is 0. The minimum Gasteiger partial charge on any atom is -0.363 e. The standard InChI is InChI=1S/C14H28N4S4/c1-21-11-3-5-15-13(19)17-7-9-18(10-8-17)14(20)16-6-4-12-22-2/h3-12H2,1-2H3,(H,15,19)(H,16,20). The predicted molar refractivity (Wildman–Crippen MR) is 110 cm³/mol. The summed E-state index contributed by atoms with van der Waals surface area (Å²) < 4.78 is 0. The van der Waals surface area contributed by atoms with Crippen LogP contribution >= 0.6 is 48.0 Å². The molecule has 0 saturated carbocycles. The lowest BCUT2D eigenvalue weighted by molar-refractivity contribution is 0.255. The maximum absolute atomic E-state index is 5.47. The van der Waals surface area contributed by atoms with Crippen molar-refractivity contribution in [3.8, 4) is 0 Å². The van der Waals surface area contributed by atoms with Crippen LogP contribution in [0.2, 0.25) is 0 Å². The molecule has 0 atom stereocenters. The summed E-state index contributed by atoms with van der Waals surface area (Å²) in [6, 6.07) is 0. The van der Waals surface area contributed by atoms with Crippen LogP contribution in [-0.2, 0) is 0 Å². The van der Waals surface area contributed by atoms with Crippen LogP contribution < -0.4 is 10.6 Å². The molecule has 0 unspecified atom stereocenters. The summed E-state index contributed by atoms with van der Waals surface area (Å²) in [7, 11) is 0. The molecule has 22 heavy (non-hydrogen) atoms. The fourth-order valence-corrected chi connectivity index (χ4v) is 3.60. The van der Waals surface area contributed by atoms with Gasteiger partial charge in [-0.05, 0) is 61.3 Å². The number of hydrogen-bond acceptors (Lipinski definition) is 4. The van der Waals surface area contributed by atoms with Crippen molar-refractivity contribution < 1.29 is 0 Å². The quantitative estimate of drug-likeness (QED) is 0.487. The number of nitrogens with zero attached hydrogens (tertiary/aromatic N) is 2. The highest BCUT2D eigenvalue weighted by Crippen LogP contribution is 2.04. The van der Waals surface area contributed by atoms with Crippen molar-refractivity contribution in [1.29, 1.82) is 0 Å². The Kier molecular flexibility index (Phi) is 11.4. The highest BCUT2D eigenvalue weighted by molar-refractivity contribution is 7.98. The summed E-state index contributed by atoms with van der Waals surface area (Å²) in [4.78, 5) is 4.50. The summed E-state index contributed by atoms with van der Waals surface area (Å²) in [5, 5.41) is 8.49. The molecule has 0 bridgehead atoms. The van der Waals surface area contributed by atoms with E-state index in [0.29, 0.717) is 0 Å². The van der Waals surface area contributed by atoms with E-state index in [4.69, 9.17) is 24.4 Å². The van der Waals surface area contributed by atoms with Crippen LogP contribution in [0.5, 0.6) is 0 Å². The maximum Gasteiger partial charge on any atom is 0.169 e. The van der Waals surface area contributed by atoms with Gasteiger partial charge in [-0.3, -0.25) is 0 Å². The molecule has 0 amide bonds. The zero-order valence-electron chi connectivity index (χ0n) is 13.6. The zero-order chi connectivity index (χ0) is 16.2. The third kappa shape index (κ3) is 8.08. The molecule has 1 fully saturated rings. The van der Waals surface area contributed by atoms with Gasteiger partial charge in [0.15, 0.2) is 10.2 Å². The fraction of sp³-hybridized carbons (Fsp3) is 0.857. The van der Waals surface area contributed by atoms with E-state index in [9.17, 15) is 0 Å². The molecule has 1 saturated heterocycles. The van der Waals surface area contributed by atoms with E-state index in [2.05, 4.69) is 32.9 Å². The van der Waals surface area contributed by atoms with Crippen molar-refractivity contribution in [2.45, 2.75) is 12.8 Å². The van der Waals surface area contributed by atoms with E-state index in [1.54, 1.807) is 0 Å². The molecule has 1 rings (SSSR count). The van der Waals surface area contributed by atoms with E-state index in [-0.39, 0.29) is 0 Å². The Morgan fingerprint density at radius 3 is 1.50 bits per heavy atom. The monoisotopic (exact) mass is 380 g/mol. The Hall–Kier alpha value is 0.0800. The molecule has 2 N–H and O–H groups in total. The van der Waals surface area contributed by atoms with E-state index in [1.165, 1.54) is 11.5 Å². The van der Waals surface area contributed by atoms with E-state index >= 15 is 0 Å². The number of nitrogens with one attached hydrogen (secondary N) is 2. The van der Waals surface area contributed by atoms with Crippen molar-refractivity contribution >= 4 is 58.2 Å². The van der Waals surface area contributed by atoms with Crippen molar-refractivity contribution in [2.24, 2.45) is 0 Å². The van der Waals surface area contributed by atoms with Gasteiger partial charge < -0.3 is 20.4 Å². The first kappa shape index (κ1) is 20.1. The molecular formula is C14H28N4S4. The first-order valence-electron chi connectivity index (χ1n) is 7.72. The molecule has 1 heterocycles. The Morgan fingerprint density at radius 1 is 0.818 bits per heavy atom. The molecule has 8 heteroatoms. The smallest absolute Gasteiger partial charge is 0.169 e. The van der Waals surface area contributed by atoms with Gasteiger partial charge in [0, 0.05) is 39.3 Å². The number of rotatable bonds is 8. The second-order valence-electron chi connectivity index (χ2n) is 5.13. The third-order valence-electron chi connectivity index (χ3n) is 3.46. The van der Waals surface area contributed by atoms with E-state index < -0.39 is 0 Å². The molecule has 0 radical (unpaired) electrons. The molecule has 0 aromatic carbocycles. The van der Waals surface area contributed by atoms with Crippen LogP contribution in [0, 0.1) is 0 Å². The summed E-state index contributed by atoms with van der Waals surface area (Å²) in [6.45, 7) is 5.72. The van der Waals surface area contributed by atoms with Crippen molar-refractivity contribution in [3.05, 3.63) is 0 Å². The van der Waals surface area contributed by atoms with Gasteiger partial charge in [0.2, 0.25) is 0 Å². The molecular weight excluding hydrogens is 352 g/mol. The van der Waals surface area contributed by atoms with Gasteiger partial charge in [-0.1, -0.05) is 0 Å². The van der Waals surface area contributed by atoms with Gasteiger partial charge in [-0.2, -0.15) is 23.5 Å². The number of thiocarbonyl (C=S) groups is 2. The third-order valence-corrected chi connectivity index (χ3v) is 5.66. The van der Waals surface area contributed by atoms with Gasteiger partial charge in [0.25, 0.3) is 0 Å². The second kappa shape index (κ2) is 12.5. The molecule has 0 spiro atoms. The lowest BCUT2D eigenvalue weighted by Gasteiger charge is -2.37. The highest BCUT2D eigenvalue weighted by Gasteiger charge is 2.20. The largest absolute Gasteiger partial charge is 0.363 e. The topological polar surface area (TPSA) is 30.5 Å². The summed E-state index contributed by atoms with van der Waals surface area (Å²) in [6.07, 6.45) is 6.59. The molecule has 0 aromatic heterocycles. The first-order chi connectivity index (χ1) is 10.7. The van der Waals surface area contributed by atoms with Crippen LogP contribution in [0.1, 0.15) is 12.8 Å². The molecule has 0 aliphatic carbocycles. The summed E-state index contributed by atoms with van der Waals surface area (Å²) in [5.74, 6) is 2.36. The Labute approximate surface area is 154 Å². The van der Waals surface area contributed by atoms with Gasteiger partial charge in [0.05, 0.1) is 0 Å². The maximum atomic E-state index is 5.47. The second-order valence-corrected chi connectivity index (χ2v) is 7.88. The van der Waals surface area contributed by atoms with Crippen molar-refractivity contribution in [2.75, 3.05) is 63.3 Å². The Balaban J connectivity index is 2.16. The van der Waals surface area contributed by atoms with Gasteiger partial charge in [-0.25, -0.2) is 0 Å². The number of hydrogen-bond donors (Lipinski definition) is 2. The van der Waals surface area contributed by atoms with Gasteiger partial charge >= 0.3 is 0 Å². The molecule has 4 nitrogen and oxygen atoms in total.